The van der Waals surface area contributed by atoms with Crippen LogP contribution in [0.3, 0.4) is 0 Å². The van der Waals surface area contributed by atoms with Crippen LogP contribution in [0, 0.1) is 0 Å². The minimum absolute atomic E-state index is 0.0102. The molecule has 0 spiro atoms. The number of carbonyl (C=O) groups is 1. The molecule has 0 bridgehead atoms. The van der Waals surface area contributed by atoms with Crippen molar-refractivity contribution in [1.82, 2.24) is 5.32 Å². The largest absolute Gasteiger partial charge is 0.392 e. The Morgan fingerprint density at radius 2 is 2.19 bits per heavy atom. The quantitative estimate of drug-likeness (QED) is 0.777. The third-order valence-corrected chi connectivity index (χ3v) is 2.36. The van der Waals surface area contributed by atoms with Crippen molar-refractivity contribution in [1.29, 1.82) is 0 Å². The molecule has 1 amide bonds. The first-order valence-corrected chi connectivity index (χ1v) is 5.16. The van der Waals surface area contributed by atoms with Crippen LogP contribution in [0.4, 0.5) is 0 Å². The smallest absolute Gasteiger partial charge is 0.249 e. The molecule has 2 N–H and O–H groups in total. The Hall–Kier alpha value is -1.39. The zero-order valence-electron chi connectivity index (χ0n) is 9.56. The fourth-order valence-corrected chi connectivity index (χ4v) is 1.28. The molecule has 1 unspecified atom stereocenters. The van der Waals surface area contributed by atoms with Crippen molar-refractivity contribution < 1.29 is 14.6 Å². The van der Waals surface area contributed by atoms with Crippen molar-refractivity contribution in [2.45, 2.75) is 26.2 Å². The fraction of sp³-hybridized carbons (Fsp3) is 0.417. The van der Waals surface area contributed by atoms with Gasteiger partial charge in [0.2, 0.25) is 5.91 Å². The lowest BCUT2D eigenvalue weighted by Crippen LogP contribution is -2.33. The summed E-state index contributed by atoms with van der Waals surface area (Å²) in [6.45, 7) is 2.15. The van der Waals surface area contributed by atoms with Gasteiger partial charge in [0.15, 0.2) is 0 Å². The van der Waals surface area contributed by atoms with Crippen LogP contribution in [0.5, 0.6) is 0 Å². The summed E-state index contributed by atoms with van der Waals surface area (Å²) in [6.07, 6.45) is -0.443. The number of ether oxygens (including phenoxy) is 1. The molecule has 0 aliphatic carbocycles. The van der Waals surface area contributed by atoms with E-state index in [9.17, 15) is 4.79 Å². The van der Waals surface area contributed by atoms with Gasteiger partial charge in [-0.2, -0.15) is 0 Å². The molecule has 4 nitrogen and oxygen atoms in total. The van der Waals surface area contributed by atoms with Gasteiger partial charge >= 0.3 is 0 Å². The van der Waals surface area contributed by atoms with Crippen molar-refractivity contribution in [3.05, 3.63) is 35.4 Å². The maximum Gasteiger partial charge on any atom is 0.249 e. The average molecular weight is 223 g/mol. The summed E-state index contributed by atoms with van der Waals surface area (Å²) in [6, 6.07) is 7.45. The summed E-state index contributed by atoms with van der Waals surface area (Å²) in [5, 5.41) is 11.7. The lowest BCUT2D eigenvalue weighted by atomic mass is 10.1. The van der Waals surface area contributed by atoms with Crippen LogP contribution in [0.1, 0.15) is 18.1 Å². The van der Waals surface area contributed by atoms with Crippen LogP contribution in [-0.2, 0) is 22.7 Å². The molecule has 0 aliphatic heterocycles. The van der Waals surface area contributed by atoms with Gasteiger partial charge in [0.05, 0.1) is 6.61 Å². The standard InChI is InChI=1S/C12H17NO3/c1-9(16-2)12(15)13-7-10-4-3-5-11(6-10)8-14/h3-6,9,14H,7-8H2,1-2H3,(H,13,15). The zero-order chi connectivity index (χ0) is 12.0. The lowest BCUT2D eigenvalue weighted by Gasteiger charge is -2.10. The highest BCUT2D eigenvalue weighted by atomic mass is 16.5. The minimum Gasteiger partial charge on any atom is -0.392 e. The zero-order valence-corrected chi connectivity index (χ0v) is 9.56. The highest BCUT2D eigenvalue weighted by molar-refractivity contribution is 5.80. The molecule has 1 rings (SSSR count). The second-order valence-electron chi connectivity index (χ2n) is 3.57. The molecule has 0 aromatic heterocycles. The highest BCUT2D eigenvalue weighted by Gasteiger charge is 2.10. The molecular formula is C12H17NO3. The Bertz CT molecular complexity index is 352. The Labute approximate surface area is 95.2 Å². The van der Waals surface area contributed by atoms with Crippen LogP contribution >= 0.6 is 0 Å². The topological polar surface area (TPSA) is 58.6 Å². The van der Waals surface area contributed by atoms with Crippen LogP contribution in [0.25, 0.3) is 0 Å². The Balaban J connectivity index is 2.51. The van der Waals surface area contributed by atoms with Gasteiger partial charge in [-0.3, -0.25) is 4.79 Å². The van der Waals surface area contributed by atoms with Gasteiger partial charge in [-0.15, -0.1) is 0 Å². The number of aliphatic hydroxyl groups excluding tert-OH is 1. The third kappa shape index (κ3) is 3.64. The minimum atomic E-state index is -0.443. The van der Waals surface area contributed by atoms with E-state index in [1.807, 2.05) is 24.3 Å². The van der Waals surface area contributed by atoms with Crippen molar-refractivity contribution in [3.8, 4) is 0 Å². The number of methoxy groups -OCH3 is 1. The van der Waals surface area contributed by atoms with Gasteiger partial charge in [0, 0.05) is 13.7 Å². The van der Waals surface area contributed by atoms with Crippen LogP contribution in [0.2, 0.25) is 0 Å². The average Bonchev–Trinajstić information content (AvgIpc) is 2.35. The molecule has 88 valence electrons. The highest BCUT2D eigenvalue weighted by Crippen LogP contribution is 2.05. The number of carbonyl (C=O) groups excluding carboxylic acids is 1. The predicted molar refractivity (Wildman–Crippen MR) is 60.7 cm³/mol. The van der Waals surface area contributed by atoms with Gasteiger partial charge in [-0.25, -0.2) is 0 Å². The number of rotatable bonds is 5. The molecular weight excluding hydrogens is 206 g/mol. The van der Waals surface area contributed by atoms with E-state index >= 15 is 0 Å². The van der Waals surface area contributed by atoms with E-state index in [-0.39, 0.29) is 12.5 Å². The first-order chi connectivity index (χ1) is 7.67. The predicted octanol–water partition coefficient (Wildman–Crippen LogP) is 0.830. The first kappa shape index (κ1) is 12.7. The SMILES string of the molecule is COC(C)C(=O)NCc1cccc(CO)c1. The first-order valence-electron chi connectivity index (χ1n) is 5.16. The molecule has 1 aromatic rings. The molecule has 0 heterocycles. The Morgan fingerprint density at radius 3 is 2.81 bits per heavy atom. The molecule has 0 saturated carbocycles. The molecule has 0 radical (unpaired) electrons. The fourth-order valence-electron chi connectivity index (χ4n) is 1.28. The van der Waals surface area contributed by atoms with Gasteiger partial charge in [-0.1, -0.05) is 24.3 Å². The van der Waals surface area contributed by atoms with E-state index in [1.54, 1.807) is 6.92 Å². The summed E-state index contributed by atoms with van der Waals surface area (Å²) in [5.74, 6) is -0.142. The van der Waals surface area contributed by atoms with Gasteiger partial charge in [0.1, 0.15) is 6.10 Å². The number of benzene rings is 1. The summed E-state index contributed by atoms with van der Waals surface area (Å²) in [4.78, 5) is 11.4. The number of hydrogen-bond donors (Lipinski definition) is 2. The Kier molecular flexibility index (Phi) is 4.95. The number of nitrogens with one attached hydrogen (secondary N) is 1. The molecule has 0 saturated heterocycles. The normalized spacial score (nSPS) is 12.2. The van der Waals surface area contributed by atoms with Crippen molar-refractivity contribution in [2.24, 2.45) is 0 Å². The van der Waals surface area contributed by atoms with Crippen LogP contribution in [0.15, 0.2) is 24.3 Å². The molecule has 0 aliphatic rings. The van der Waals surface area contributed by atoms with E-state index in [1.165, 1.54) is 7.11 Å². The maximum atomic E-state index is 11.4. The second-order valence-corrected chi connectivity index (χ2v) is 3.57. The van der Waals surface area contributed by atoms with E-state index in [2.05, 4.69) is 5.32 Å². The van der Waals surface area contributed by atoms with E-state index in [4.69, 9.17) is 9.84 Å². The molecule has 4 heteroatoms. The van der Waals surface area contributed by atoms with Gasteiger partial charge in [-0.05, 0) is 18.1 Å². The molecule has 0 fully saturated rings. The van der Waals surface area contributed by atoms with Crippen molar-refractivity contribution >= 4 is 5.91 Å². The summed E-state index contributed by atoms with van der Waals surface area (Å²) in [5.41, 5.74) is 1.80. The summed E-state index contributed by atoms with van der Waals surface area (Å²) >= 11 is 0. The summed E-state index contributed by atoms with van der Waals surface area (Å²) < 4.78 is 4.89. The molecule has 16 heavy (non-hydrogen) atoms. The van der Waals surface area contributed by atoms with Gasteiger partial charge in [0.25, 0.3) is 0 Å². The van der Waals surface area contributed by atoms with E-state index in [0.29, 0.717) is 6.54 Å². The van der Waals surface area contributed by atoms with Crippen molar-refractivity contribution in [2.75, 3.05) is 7.11 Å². The number of amides is 1. The molecule has 1 atom stereocenters. The van der Waals surface area contributed by atoms with E-state index < -0.39 is 6.10 Å². The van der Waals surface area contributed by atoms with Crippen LogP contribution in [-0.4, -0.2) is 24.2 Å². The number of hydrogen-bond acceptors (Lipinski definition) is 3. The lowest BCUT2D eigenvalue weighted by molar-refractivity contribution is -0.130. The van der Waals surface area contributed by atoms with Crippen molar-refractivity contribution in [3.63, 3.8) is 0 Å². The van der Waals surface area contributed by atoms with Gasteiger partial charge < -0.3 is 15.2 Å². The number of aliphatic hydroxyl groups is 1. The summed E-state index contributed by atoms with van der Waals surface area (Å²) in [7, 11) is 1.50. The monoisotopic (exact) mass is 223 g/mol. The Morgan fingerprint density at radius 1 is 1.50 bits per heavy atom. The van der Waals surface area contributed by atoms with Crippen LogP contribution < -0.4 is 5.32 Å². The second kappa shape index (κ2) is 6.25. The third-order valence-electron chi connectivity index (χ3n) is 2.36. The maximum absolute atomic E-state index is 11.4. The molecule has 1 aromatic carbocycles. The van der Waals surface area contributed by atoms with E-state index in [0.717, 1.165) is 11.1 Å².